The average Bonchev–Trinajstić information content (AvgIpc) is 2.95. The third kappa shape index (κ3) is 7.34. The maximum Gasteiger partial charge on any atom is 0.0855 e. The highest BCUT2D eigenvalue weighted by Crippen LogP contribution is 2.23. The maximum absolute atomic E-state index is 4.10. The highest BCUT2D eigenvalue weighted by Gasteiger charge is 2.11. The van der Waals surface area contributed by atoms with Crippen LogP contribution in [0.2, 0.25) is 0 Å². The van der Waals surface area contributed by atoms with E-state index in [1.54, 1.807) is 0 Å². The number of hydrogen-bond acceptors (Lipinski definition) is 2. The van der Waals surface area contributed by atoms with E-state index >= 15 is 0 Å². The van der Waals surface area contributed by atoms with Gasteiger partial charge in [-0.2, -0.15) is 0 Å². The van der Waals surface area contributed by atoms with Crippen LogP contribution >= 0.6 is 0 Å². The zero-order chi connectivity index (χ0) is 13.8. The quantitative estimate of drug-likeness (QED) is 0.538. The van der Waals surface area contributed by atoms with Crippen LogP contribution in [0.25, 0.3) is 0 Å². The predicted octanol–water partition coefficient (Wildman–Crippen LogP) is 5.03. The molecule has 1 aromatic rings. The van der Waals surface area contributed by atoms with E-state index in [9.17, 15) is 0 Å². The third-order valence-electron chi connectivity index (χ3n) is 3.86. The third-order valence-corrected chi connectivity index (χ3v) is 3.86. The Labute approximate surface area is 118 Å². The Morgan fingerprint density at radius 2 is 1.68 bits per heavy atom. The number of H-pyrrole nitrogens is 1. The SMILES string of the molecule is [CH2]CC(CCCCCCCCCCC)c1c[nH]nn1. The van der Waals surface area contributed by atoms with Crippen molar-refractivity contribution < 1.29 is 0 Å². The standard InChI is InChI=1S/C16H30N3/c1-3-5-6-7-8-9-10-11-12-13-15(4-2)16-14-17-19-18-16/h14-15H,2-13H2,1H3,(H,17,18,19). The van der Waals surface area contributed by atoms with Crippen LogP contribution < -0.4 is 0 Å². The molecule has 1 N–H and O–H groups in total. The Kier molecular flexibility index (Phi) is 9.38. The molecule has 1 atom stereocenters. The fourth-order valence-corrected chi connectivity index (χ4v) is 2.55. The maximum atomic E-state index is 4.10. The molecule has 0 saturated heterocycles. The van der Waals surface area contributed by atoms with Crippen molar-refractivity contribution in [2.24, 2.45) is 0 Å². The first-order valence-corrected chi connectivity index (χ1v) is 8.04. The van der Waals surface area contributed by atoms with Gasteiger partial charge in [-0.25, -0.2) is 0 Å². The number of aromatic amines is 1. The van der Waals surface area contributed by atoms with Crippen molar-refractivity contribution in [3.63, 3.8) is 0 Å². The number of rotatable bonds is 12. The molecule has 0 aliphatic rings. The summed E-state index contributed by atoms with van der Waals surface area (Å²) in [4.78, 5) is 0. The van der Waals surface area contributed by atoms with E-state index in [2.05, 4.69) is 29.3 Å². The lowest BCUT2D eigenvalue weighted by atomic mass is 9.95. The second kappa shape index (κ2) is 11.0. The Balaban J connectivity index is 1.95. The fourth-order valence-electron chi connectivity index (χ4n) is 2.55. The van der Waals surface area contributed by atoms with Gasteiger partial charge in [-0.05, 0) is 12.8 Å². The molecule has 0 fully saturated rings. The van der Waals surface area contributed by atoms with Gasteiger partial charge in [0.1, 0.15) is 0 Å². The van der Waals surface area contributed by atoms with Crippen LogP contribution in [0.15, 0.2) is 6.20 Å². The van der Waals surface area contributed by atoms with E-state index in [-0.39, 0.29) is 0 Å². The van der Waals surface area contributed by atoms with Gasteiger partial charge in [0, 0.05) is 12.1 Å². The van der Waals surface area contributed by atoms with Crippen LogP contribution in [0.1, 0.15) is 89.2 Å². The van der Waals surface area contributed by atoms with Gasteiger partial charge in [0.05, 0.1) is 5.69 Å². The van der Waals surface area contributed by atoms with Crippen molar-refractivity contribution in [2.75, 3.05) is 0 Å². The molecule has 1 radical (unpaired) electrons. The highest BCUT2D eigenvalue weighted by atomic mass is 15.3. The molecule has 3 nitrogen and oxygen atoms in total. The molecule has 0 saturated carbocycles. The number of nitrogens with one attached hydrogen (secondary N) is 1. The van der Waals surface area contributed by atoms with E-state index in [1.807, 2.05) is 6.20 Å². The van der Waals surface area contributed by atoms with Crippen LogP contribution in [0, 0.1) is 6.92 Å². The lowest BCUT2D eigenvalue weighted by Crippen LogP contribution is -1.98. The summed E-state index contributed by atoms with van der Waals surface area (Å²) in [5, 5.41) is 10.7. The molecule has 0 aliphatic carbocycles. The Morgan fingerprint density at radius 1 is 1.05 bits per heavy atom. The first-order chi connectivity index (χ1) is 9.38. The van der Waals surface area contributed by atoms with Crippen LogP contribution in [0.4, 0.5) is 0 Å². The van der Waals surface area contributed by atoms with Gasteiger partial charge in [-0.1, -0.05) is 76.8 Å². The predicted molar refractivity (Wildman–Crippen MR) is 80.9 cm³/mol. The lowest BCUT2D eigenvalue weighted by Gasteiger charge is -2.10. The molecular formula is C16H30N3. The monoisotopic (exact) mass is 264 g/mol. The molecule has 0 aromatic carbocycles. The molecule has 0 amide bonds. The highest BCUT2D eigenvalue weighted by molar-refractivity contribution is 5.00. The van der Waals surface area contributed by atoms with Crippen LogP contribution in [0.3, 0.4) is 0 Å². The topological polar surface area (TPSA) is 41.6 Å². The van der Waals surface area contributed by atoms with Crippen molar-refractivity contribution in [1.82, 2.24) is 15.4 Å². The summed E-state index contributed by atoms with van der Waals surface area (Å²) in [5.41, 5.74) is 1.08. The summed E-state index contributed by atoms with van der Waals surface area (Å²) in [6.07, 6.45) is 16.5. The minimum absolute atomic E-state index is 0.489. The molecule has 1 aromatic heterocycles. The van der Waals surface area contributed by atoms with Gasteiger partial charge >= 0.3 is 0 Å². The Bertz CT molecular complexity index is 282. The van der Waals surface area contributed by atoms with Crippen molar-refractivity contribution in [1.29, 1.82) is 0 Å². The largest absolute Gasteiger partial charge is 0.265 e. The normalized spacial score (nSPS) is 12.7. The Hall–Kier alpha value is -0.860. The molecule has 19 heavy (non-hydrogen) atoms. The van der Waals surface area contributed by atoms with E-state index in [0.717, 1.165) is 12.1 Å². The fraction of sp³-hybridized carbons (Fsp3) is 0.812. The molecule has 109 valence electrons. The summed E-state index contributed by atoms with van der Waals surface area (Å²) in [7, 11) is 0. The molecule has 1 unspecified atom stereocenters. The minimum atomic E-state index is 0.489. The number of aromatic nitrogens is 3. The molecular weight excluding hydrogens is 234 g/mol. The number of unbranched alkanes of at least 4 members (excludes halogenated alkanes) is 8. The number of hydrogen-bond donors (Lipinski definition) is 1. The number of nitrogens with zero attached hydrogens (tertiary/aromatic N) is 2. The van der Waals surface area contributed by atoms with E-state index in [4.69, 9.17) is 0 Å². The van der Waals surface area contributed by atoms with Crippen molar-refractivity contribution in [3.8, 4) is 0 Å². The summed E-state index contributed by atoms with van der Waals surface area (Å²) in [6, 6.07) is 0. The summed E-state index contributed by atoms with van der Waals surface area (Å²) >= 11 is 0. The smallest absolute Gasteiger partial charge is 0.0855 e. The molecule has 3 heteroatoms. The zero-order valence-corrected chi connectivity index (χ0v) is 12.5. The summed E-state index contributed by atoms with van der Waals surface area (Å²) in [5.74, 6) is 0.489. The van der Waals surface area contributed by atoms with E-state index in [1.165, 1.54) is 64.2 Å². The molecule has 1 heterocycles. The first kappa shape index (κ1) is 16.2. The van der Waals surface area contributed by atoms with Crippen molar-refractivity contribution in [2.45, 2.75) is 83.5 Å². The van der Waals surface area contributed by atoms with Gasteiger partial charge in [-0.3, -0.25) is 5.10 Å². The minimum Gasteiger partial charge on any atom is -0.265 e. The van der Waals surface area contributed by atoms with Gasteiger partial charge in [-0.15, -0.1) is 5.10 Å². The lowest BCUT2D eigenvalue weighted by molar-refractivity contribution is 0.522. The molecule has 0 spiro atoms. The van der Waals surface area contributed by atoms with Crippen LogP contribution in [0.5, 0.6) is 0 Å². The second-order valence-electron chi connectivity index (χ2n) is 5.50. The van der Waals surface area contributed by atoms with Gasteiger partial charge in [0.25, 0.3) is 0 Å². The van der Waals surface area contributed by atoms with E-state index in [0.29, 0.717) is 5.92 Å². The zero-order valence-electron chi connectivity index (χ0n) is 12.5. The van der Waals surface area contributed by atoms with Crippen LogP contribution in [-0.4, -0.2) is 15.4 Å². The summed E-state index contributed by atoms with van der Waals surface area (Å²) < 4.78 is 0. The van der Waals surface area contributed by atoms with Gasteiger partial charge in [0.15, 0.2) is 0 Å². The van der Waals surface area contributed by atoms with Crippen LogP contribution in [-0.2, 0) is 0 Å². The first-order valence-electron chi connectivity index (χ1n) is 8.04. The second-order valence-corrected chi connectivity index (χ2v) is 5.50. The molecule has 0 aliphatic heterocycles. The van der Waals surface area contributed by atoms with Crippen molar-refractivity contribution >= 4 is 0 Å². The molecule has 0 bridgehead atoms. The van der Waals surface area contributed by atoms with Gasteiger partial charge < -0.3 is 0 Å². The van der Waals surface area contributed by atoms with E-state index < -0.39 is 0 Å². The average molecular weight is 264 g/mol. The Morgan fingerprint density at radius 3 is 2.21 bits per heavy atom. The van der Waals surface area contributed by atoms with Crippen molar-refractivity contribution in [3.05, 3.63) is 18.8 Å². The molecule has 1 rings (SSSR count). The summed E-state index contributed by atoms with van der Waals surface area (Å²) in [6.45, 7) is 6.29. The van der Waals surface area contributed by atoms with Gasteiger partial charge in [0.2, 0.25) is 0 Å².